The van der Waals surface area contributed by atoms with Crippen LogP contribution in [0.25, 0.3) is 0 Å². The van der Waals surface area contributed by atoms with E-state index in [1.54, 1.807) is 19.2 Å². The molecule has 0 unspecified atom stereocenters. The summed E-state index contributed by atoms with van der Waals surface area (Å²) in [5.74, 6) is -0.763. The number of halogens is 2. The lowest BCUT2D eigenvalue weighted by Crippen LogP contribution is -2.29. The van der Waals surface area contributed by atoms with E-state index in [4.69, 9.17) is 0 Å². The molecule has 1 rings (SSSR count). The van der Waals surface area contributed by atoms with Gasteiger partial charge in [0, 0.05) is 18.9 Å². The number of nitrogens with zero attached hydrogens (tertiary/aromatic N) is 1. The minimum absolute atomic E-state index is 0.121. The molecule has 0 aliphatic heterocycles. The highest BCUT2D eigenvalue weighted by atomic mass is 79.9. The quantitative estimate of drug-likeness (QED) is 0.763. The van der Waals surface area contributed by atoms with Crippen LogP contribution in [0.15, 0.2) is 24.3 Å². The zero-order chi connectivity index (χ0) is 10.6. The Morgan fingerprint density at radius 1 is 1.50 bits per heavy atom. The number of carbonyl (C=O) groups is 1. The molecule has 14 heavy (non-hydrogen) atoms. The van der Waals surface area contributed by atoms with Gasteiger partial charge >= 0.3 is 0 Å². The highest BCUT2D eigenvalue weighted by Gasteiger charge is 2.14. The molecule has 0 aliphatic carbocycles. The number of hydrogen-bond acceptors (Lipinski definition) is 1. The van der Waals surface area contributed by atoms with Crippen molar-refractivity contribution in [3.8, 4) is 0 Å². The molecule has 0 saturated carbocycles. The van der Waals surface area contributed by atoms with E-state index in [0.29, 0.717) is 11.9 Å². The van der Waals surface area contributed by atoms with Gasteiger partial charge in [0.15, 0.2) is 0 Å². The number of carbonyl (C=O) groups excluding carboxylic acids is 1. The van der Waals surface area contributed by atoms with Gasteiger partial charge < -0.3 is 4.90 Å². The first-order valence-electron chi connectivity index (χ1n) is 4.22. The van der Waals surface area contributed by atoms with E-state index >= 15 is 0 Å². The van der Waals surface area contributed by atoms with E-state index in [0.717, 1.165) is 0 Å². The van der Waals surface area contributed by atoms with Crippen molar-refractivity contribution in [2.24, 2.45) is 0 Å². The molecule has 0 aromatic heterocycles. The molecule has 0 spiro atoms. The largest absolute Gasteiger partial charge is 0.341 e. The molecule has 0 aliphatic rings. The predicted molar refractivity (Wildman–Crippen MR) is 57.2 cm³/mol. The minimum atomic E-state index is -0.473. The first kappa shape index (κ1) is 11.2. The lowest BCUT2D eigenvalue weighted by Gasteiger charge is -2.15. The number of amides is 1. The van der Waals surface area contributed by atoms with Crippen LogP contribution in [0.5, 0.6) is 0 Å². The summed E-state index contributed by atoms with van der Waals surface area (Å²) in [6, 6.07) is 5.99. The van der Waals surface area contributed by atoms with Gasteiger partial charge in [0.25, 0.3) is 5.91 Å². The van der Waals surface area contributed by atoms with Gasteiger partial charge in [-0.05, 0) is 12.1 Å². The van der Waals surface area contributed by atoms with Gasteiger partial charge in [-0.2, -0.15) is 0 Å². The van der Waals surface area contributed by atoms with Gasteiger partial charge in [-0.1, -0.05) is 28.1 Å². The van der Waals surface area contributed by atoms with Gasteiger partial charge in [0.1, 0.15) is 5.82 Å². The van der Waals surface area contributed by atoms with E-state index in [9.17, 15) is 9.18 Å². The third-order valence-corrected chi connectivity index (χ3v) is 2.23. The second kappa shape index (κ2) is 5.10. The highest BCUT2D eigenvalue weighted by Crippen LogP contribution is 2.08. The normalized spacial score (nSPS) is 9.93. The van der Waals surface area contributed by atoms with Crippen molar-refractivity contribution in [2.75, 3.05) is 18.9 Å². The molecule has 1 amide bonds. The minimum Gasteiger partial charge on any atom is -0.341 e. The second-order valence-corrected chi connectivity index (χ2v) is 3.69. The van der Waals surface area contributed by atoms with Crippen LogP contribution in [0, 0.1) is 5.82 Å². The van der Waals surface area contributed by atoms with Gasteiger partial charge in [0.2, 0.25) is 0 Å². The Morgan fingerprint density at radius 3 is 2.71 bits per heavy atom. The standard InChI is InChI=1S/C10H11BrFNO/c1-13(7-6-11)10(14)8-4-2-3-5-9(8)12/h2-5H,6-7H2,1H3. The van der Waals surface area contributed by atoms with Crippen molar-refractivity contribution < 1.29 is 9.18 Å². The average molecular weight is 260 g/mol. The van der Waals surface area contributed by atoms with E-state index in [1.165, 1.54) is 17.0 Å². The summed E-state index contributed by atoms with van der Waals surface area (Å²) in [7, 11) is 1.65. The van der Waals surface area contributed by atoms with Gasteiger partial charge in [-0.15, -0.1) is 0 Å². The van der Waals surface area contributed by atoms with Gasteiger partial charge in [-0.3, -0.25) is 4.79 Å². The SMILES string of the molecule is CN(CCBr)C(=O)c1ccccc1F. The molecular weight excluding hydrogens is 249 g/mol. The van der Waals surface area contributed by atoms with Crippen LogP contribution in [0.1, 0.15) is 10.4 Å². The summed E-state index contributed by atoms with van der Waals surface area (Å²) in [6.07, 6.45) is 0. The molecule has 4 heteroatoms. The Labute approximate surface area is 90.8 Å². The number of rotatable bonds is 3. The molecule has 0 radical (unpaired) electrons. The summed E-state index contributed by atoms with van der Waals surface area (Å²) in [6.45, 7) is 0.563. The molecule has 0 atom stereocenters. The second-order valence-electron chi connectivity index (χ2n) is 2.90. The average Bonchev–Trinajstić information content (AvgIpc) is 2.18. The molecular formula is C10H11BrFNO. The first-order chi connectivity index (χ1) is 6.66. The van der Waals surface area contributed by atoms with Gasteiger partial charge in [-0.25, -0.2) is 4.39 Å². The fourth-order valence-corrected chi connectivity index (χ4v) is 1.60. The fourth-order valence-electron chi connectivity index (χ4n) is 1.07. The monoisotopic (exact) mass is 259 g/mol. The van der Waals surface area contributed by atoms with Crippen LogP contribution < -0.4 is 0 Å². The van der Waals surface area contributed by atoms with E-state index in [1.807, 2.05) is 0 Å². The molecule has 0 saturated heterocycles. The van der Waals surface area contributed by atoms with Crippen molar-refractivity contribution in [1.82, 2.24) is 4.90 Å². The maximum Gasteiger partial charge on any atom is 0.256 e. The lowest BCUT2D eigenvalue weighted by molar-refractivity contribution is 0.0799. The molecule has 0 N–H and O–H groups in total. The van der Waals surface area contributed by atoms with Crippen molar-refractivity contribution in [1.29, 1.82) is 0 Å². The fraction of sp³-hybridized carbons (Fsp3) is 0.300. The van der Waals surface area contributed by atoms with E-state index < -0.39 is 5.82 Å². The Hall–Kier alpha value is -0.900. The molecule has 0 heterocycles. The van der Waals surface area contributed by atoms with Gasteiger partial charge in [0.05, 0.1) is 5.56 Å². The van der Waals surface area contributed by atoms with Crippen LogP contribution in [0.3, 0.4) is 0 Å². The van der Waals surface area contributed by atoms with Crippen LogP contribution in [-0.4, -0.2) is 29.7 Å². The summed E-state index contributed by atoms with van der Waals surface area (Å²) in [5.41, 5.74) is 0.121. The van der Waals surface area contributed by atoms with Crippen LogP contribution in [0.4, 0.5) is 4.39 Å². The topological polar surface area (TPSA) is 20.3 Å². The molecule has 76 valence electrons. The predicted octanol–water partition coefficient (Wildman–Crippen LogP) is 2.29. The Balaban J connectivity index is 2.84. The number of benzene rings is 1. The number of hydrogen-bond donors (Lipinski definition) is 0. The van der Waals surface area contributed by atoms with Crippen molar-refractivity contribution in [3.05, 3.63) is 35.6 Å². The smallest absolute Gasteiger partial charge is 0.256 e. The summed E-state index contributed by atoms with van der Waals surface area (Å²) >= 11 is 3.22. The zero-order valence-corrected chi connectivity index (χ0v) is 9.42. The van der Waals surface area contributed by atoms with Crippen molar-refractivity contribution in [2.45, 2.75) is 0 Å². The lowest BCUT2D eigenvalue weighted by atomic mass is 10.2. The van der Waals surface area contributed by atoms with Crippen molar-refractivity contribution in [3.63, 3.8) is 0 Å². The Kier molecular flexibility index (Phi) is 4.07. The number of alkyl halides is 1. The maximum atomic E-state index is 13.2. The van der Waals surface area contributed by atoms with Crippen LogP contribution in [0.2, 0.25) is 0 Å². The van der Waals surface area contributed by atoms with E-state index in [-0.39, 0.29) is 11.5 Å². The first-order valence-corrected chi connectivity index (χ1v) is 5.35. The van der Waals surface area contributed by atoms with Crippen LogP contribution in [-0.2, 0) is 0 Å². The summed E-state index contributed by atoms with van der Waals surface area (Å²) in [4.78, 5) is 13.1. The van der Waals surface area contributed by atoms with E-state index in [2.05, 4.69) is 15.9 Å². The molecule has 0 bridgehead atoms. The molecule has 1 aromatic rings. The molecule has 2 nitrogen and oxygen atoms in total. The third kappa shape index (κ3) is 2.54. The zero-order valence-electron chi connectivity index (χ0n) is 7.84. The maximum absolute atomic E-state index is 13.2. The van der Waals surface area contributed by atoms with Crippen molar-refractivity contribution >= 4 is 21.8 Å². The summed E-state index contributed by atoms with van der Waals surface area (Å²) < 4.78 is 13.2. The molecule has 1 aromatic carbocycles. The third-order valence-electron chi connectivity index (χ3n) is 1.87. The Bertz CT molecular complexity index is 330. The Morgan fingerprint density at radius 2 is 2.14 bits per heavy atom. The molecule has 0 fully saturated rings. The summed E-state index contributed by atoms with van der Waals surface area (Å²) in [5, 5.41) is 0.684. The van der Waals surface area contributed by atoms with Crippen LogP contribution >= 0.6 is 15.9 Å². The highest BCUT2D eigenvalue weighted by molar-refractivity contribution is 9.09.